The Labute approximate surface area is 101 Å². The summed E-state index contributed by atoms with van der Waals surface area (Å²) in [5, 5.41) is 8.48. The molecule has 0 aliphatic carbocycles. The lowest BCUT2D eigenvalue weighted by Gasteiger charge is -2.10. The molecule has 18 heavy (non-hydrogen) atoms. The van der Waals surface area contributed by atoms with Crippen molar-refractivity contribution in [2.24, 2.45) is 0 Å². The van der Waals surface area contributed by atoms with E-state index in [2.05, 4.69) is 4.74 Å². The number of aryl methyl sites for hydroxylation is 1. The Bertz CT molecular complexity index is 495. The number of carboxylic acid groups (broad SMARTS) is 1. The van der Waals surface area contributed by atoms with Gasteiger partial charge in [-0.15, -0.1) is 0 Å². The number of benzene rings is 1. The second-order valence-corrected chi connectivity index (χ2v) is 3.41. The molecule has 6 heteroatoms. The molecule has 0 fully saturated rings. The summed E-state index contributed by atoms with van der Waals surface area (Å²) in [4.78, 5) is 21.1. The number of carbonyl (C=O) groups is 2. The number of ether oxygens (including phenoxy) is 1. The summed E-state index contributed by atoms with van der Waals surface area (Å²) in [6.45, 7) is -1.46. The van der Waals surface area contributed by atoms with Crippen molar-refractivity contribution in [3.05, 3.63) is 34.9 Å². The summed E-state index contributed by atoms with van der Waals surface area (Å²) in [5.74, 6) is -1.41. The van der Waals surface area contributed by atoms with Gasteiger partial charge in [0.2, 0.25) is 0 Å². The van der Waals surface area contributed by atoms with Crippen LogP contribution in [-0.4, -0.2) is 24.0 Å². The van der Waals surface area contributed by atoms with Gasteiger partial charge in [0.25, 0.3) is 0 Å². The summed E-state index contributed by atoms with van der Waals surface area (Å²) >= 11 is 0. The van der Waals surface area contributed by atoms with Gasteiger partial charge in [-0.3, -0.25) is 4.79 Å². The molecule has 0 aliphatic heterocycles. The molecule has 96 valence electrons. The standard InChI is InChI=1S/C12H10F2O4/c1-7-4-10(18-12(13)14)8(2-3-11(16)17)5-9(7)6-15/h2-6,12H,1H3,(H,16,17)/b3-2+. The molecule has 4 nitrogen and oxygen atoms in total. The van der Waals surface area contributed by atoms with Gasteiger partial charge >= 0.3 is 12.6 Å². The van der Waals surface area contributed by atoms with Crippen LogP contribution in [0, 0.1) is 6.92 Å². The van der Waals surface area contributed by atoms with E-state index >= 15 is 0 Å². The summed E-state index contributed by atoms with van der Waals surface area (Å²) in [7, 11) is 0. The first-order valence-corrected chi connectivity index (χ1v) is 4.89. The summed E-state index contributed by atoms with van der Waals surface area (Å²) in [6.07, 6.45) is 2.42. The van der Waals surface area contributed by atoms with E-state index in [1.165, 1.54) is 12.1 Å². The number of carbonyl (C=O) groups excluding carboxylic acids is 1. The molecule has 0 unspecified atom stereocenters. The van der Waals surface area contributed by atoms with E-state index in [1.807, 2.05) is 0 Å². The average molecular weight is 256 g/mol. The molecule has 1 aromatic carbocycles. The van der Waals surface area contributed by atoms with Gasteiger partial charge in [0.1, 0.15) is 12.0 Å². The first kappa shape index (κ1) is 13.8. The smallest absolute Gasteiger partial charge is 0.387 e. The summed E-state index contributed by atoms with van der Waals surface area (Å²) in [5.41, 5.74) is 0.847. The topological polar surface area (TPSA) is 63.6 Å². The maximum atomic E-state index is 12.2. The predicted octanol–water partition coefficient (Wildman–Crippen LogP) is 2.51. The third-order valence-electron chi connectivity index (χ3n) is 2.15. The second kappa shape index (κ2) is 5.90. The number of alkyl halides is 2. The van der Waals surface area contributed by atoms with Crippen molar-refractivity contribution < 1.29 is 28.2 Å². The summed E-state index contributed by atoms with van der Waals surface area (Å²) in [6, 6.07) is 2.55. The molecule has 1 N–H and O–H groups in total. The Balaban J connectivity index is 3.24. The minimum Gasteiger partial charge on any atom is -0.478 e. The summed E-state index contributed by atoms with van der Waals surface area (Å²) < 4.78 is 28.6. The Hall–Kier alpha value is -2.24. The zero-order chi connectivity index (χ0) is 13.7. The minimum absolute atomic E-state index is 0.102. The van der Waals surface area contributed by atoms with Crippen LogP contribution < -0.4 is 4.74 Å². The zero-order valence-corrected chi connectivity index (χ0v) is 9.39. The van der Waals surface area contributed by atoms with Crippen LogP contribution in [0.5, 0.6) is 5.75 Å². The fraction of sp³-hybridized carbons (Fsp3) is 0.167. The van der Waals surface area contributed by atoms with Crippen LogP contribution in [0.4, 0.5) is 8.78 Å². The average Bonchev–Trinajstić information content (AvgIpc) is 2.27. The van der Waals surface area contributed by atoms with E-state index < -0.39 is 12.6 Å². The van der Waals surface area contributed by atoms with Crippen molar-refractivity contribution in [2.75, 3.05) is 0 Å². The fourth-order valence-electron chi connectivity index (χ4n) is 1.33. The third kappa shape index (κ3) is 3.65. The van der Waals surface area contributed by atoms with Gasteiger partial charge in [-0.1, -0.05) is 0 Å². The van der Waals surface area contributed by atoms with Crippen molar-refractivity contribution in [2.45, 2.75) is 13.5 Å². The third-order valence-corrected chi connectivity index (χ3v) is 2.15. The second-order valence-electron chi connectivity index (χ2n) is 3.41. The van der Waals surface area contributed by atoms with Gasteiger partial charge in [0.15, 0.2) is 0 Å². The number of aldehydes is 1. The van der Waals surface area contributed by atoms with Crippen LogP contribution in [0.2, 0.25) is 0 Å². The minimum atomic E-state index is -3.02. The largest absolute Gasteiger partial charge is 0.478 e. The highest BCUT2D eigenvalue weighted by molar-refractivity contribution is 5.87. The SMILES string of the molecule is Cc1cc(OC(F)F)c(/C=C/C(=O)O)cc1C=O. The molecule has 0 aromatic heterocycles. The number of halogens is 2. The van der Waals surface area contributed by atoms with Gasteiger partial charge in [-0.2, -0.15) is 8.78 Å². The van der Waals surface area contributed by atoms with E-state index in [-0.39, 0.29) is 16.9 Å². The van der Waals surface area contributed by atoms with Crippen molar-refractivity contribution in [3.8, 4) is 5.75 Å². The van der Waals surface area contributed by atoms with Crippen LogP contribution in [0.3, 0.4) is 0 Å². The molecule has 0 bridgehead atoms. The van der Waals surface area contributed by atoms with E-state index in [1.54, 1.807) is 6.92 Å². The normalized spacial score (nSPS) is 10.9. The first-order chi connectivity index (χ1) is 8.43. The molecular formula is C12H10F2O4. The Morgan fingerprint density at radius 2 is 2.06 bits per heavy atom. The van der Waals surface area contributed by atoms with Crippen molar-refractivity contribution in [1.29, 1.82) is 0 Å². The number of aliphatic carboxylic acids is 1. The van der Waals surface area contributed by atoms with Gasteiger partial charge < -0.3 is 9.84 Å². The van der Waals surface area contributed by atoms with Crippen molar-refractivity contribution >= 4 is 18.3 Å². The lowest BCUT2D eigenvalue weighted by molar-refractivity contribution is -0.131. The number of hydrogen-bond donors (Lipinski definition) is 1. The van der Waals surface area contributed by atoms with Crippen LogP contribution in [0.1, 0.15) is 21.5 Å². The fourth-order valence-corrected chi connectivity index (χ4v) is 1.33. The monoisotopic (exact) mass is 256 g/mol. The van der Waals surface area contributed by atoms with Crippen LogP contribution in [0.15, 0.2) is 18.2 Å². The molecule has 0 saturated heterocycles. The van der Waals surface area contributed by atoms with Crippen molar-refractivity contribution in [3.63, 3.8) is 0 Å². The zero-order valence-electron chi connectivity index (χ0n) is 9.39. The predicted molar refractivity (Wildman–Crippen MR) is 59.9 cm³/mol. The van der Waals surface area contributed by atoms with Gasteiger partial charge in [-0.05, 0) is 30.7 Å². The molecule has 0 saturated carbocycles. The maximum Gasteiger partial charge on any atom is 0.387 e. The molecule has 1 aromatic rings. The number of carboxylic acids is 1. The van der Waals surface area contributed by atoms with E-state index in [9.17, 15) is 18.4 Å². The molecule has 0 atom stereocenters. The van der Waals surface area contributed by atoms with Gasteiger partial charge in [0.05, 0.1) is 0 Å². The van der Waals surface area contributed by atoms with E-state index in [0.717, 1.165) is 12.2 Å². The van der Waals surface area contributed by atoms with Crippen LogP contribution >= 0.6 is 0 Å². The van der Waals surface area contributed by atoms with Crippen LogP contribution in [0.25, 0.3) is 6.08 Å². The first-order valence-electron chi connectivity index (χ1n) is 4.89. The Morgan fingerprint density at radius 1 is 1.39 bits per heavy atom. The van der Waals surface area contributed by atoms with E-state index in [0.29, 0.717) is 11.8 Å². The highest BCUT2D eigenvalue weighted by atomic mass is 19.3. The Kier molecular flexibility index (Phi) is 4.53. The molecule has 0 radical (unpaired) electrons. The molecule has 1 rings (SSSR count). The quantitative estimate of drug-likeness (QED) is 0.649. The highest BCUT2D eigenvalue weighted by Crippen LogP contribution is 2.25. The highest BCUT2D eigenvalue weighted by Gasteiger charge is 2.11. The molecular weight excluding hydrogens is 246 g/mol. The van der Waals surface area contributed by atoms with Crippen LogP contribution in [-0.2, 0) is 4.79 Å². The molecule has 0 heterocycles. The van der Waals surface area contributed by atoms with Gasteiger partial charge in [0, 0.05) is 17.2 Å². The lowest BCUT2D eigenvalue weighted by atomic mass is 10.0. The molecule has 0 aliphatic rings. The van der Waals surface area contributed by atoms with E-state index in [4.69, 9.17) is 5.11 Å². The number of hydrogen-bond acceptors (Lipinski definition) is 3. The van der Waals surface area contributed by atoms with Gasteiger partial charge in [-0.25, -0.2) is 4.79 Å². The Morgan fingerprint density at radius 3 is 2.56 bits per heavy atom. The van der Waals surface area contributed by atoms with Crippen molar-refractivity contribution in [1.82, 2.24) is 0 Å². The number of rotatable bonds is 5. The molecule has 0 spiro atoms. The maximum absolute atomic E-state index is 12.2. The molecule has 0 amide bonds. The lowest BCUT2D eigenvalue weighted by Crippen LogP contribution is -2.04.